The lowest BCUT2D eigenvalue weighted by molar-refractivity contribution is -0.120. The summed E-state index contributed by atoms with van der Waals surface area (Å²) in [6, 6.07) is 11.4. The molecular weight excluding hydrogens is 406 g/mol. The molecule has 0 fully saturated rings. The zero-order valence-corrected chi connectivity index (χ0v) is 18.2. The molecule has 2 aromatic carbocycles. The third kappa shape index (κ3) is 3.66. The molecule has 1 aliphatic rings. The summed E-state index contributed by atoms with van der Waals surface area (Å²) in [6.07, 6.45) is 4.21. The Kier molecular flexibility index (Phi) is 5.21. The summed E-state index contributed by atoms with van der Waals surface area (Å²) in [5.41, 5.74) is 4.12. The van der Waals surface area contributed by atoms with Crippen LogP contribution >= 0.6 is 0 Å². The van der Waals surface area contributed by atoms with Gasteiger partial charge in [-0.3, -0.25) is 4.79 Å². The summed E-state index contributed by atoms with van der Waals surface area (Å²) in [6.45, 7) is 2.23. The number of hydrogen-bond acceptors (Lipinski definition) is 5. The number of carbonyl (C=O) groups is 1. The predicted octanol–water partition coefficient (Wildman–Crippen LogP) is 4.59. The van der Waals surface area contributed by atoms with E-state index in [0.29, 0.717) is 17.7 Å². The number of amides is 1. The normalized spacial score (nSPS) is 13.3. The van der Waals surface area contributed by atoms with E-state index < -0.39 is 5.63 Å². The number of nitrogens with one attached hydrogen (secondary N) is 1. The first kappa shape index (κ1) is 20.4. The van der Waals surface area contributed by atoms with Crippen LogP contribution in [0.4, 0.5) is 0 Å². The van der Waals surface area contributed by atoms with Crippen molar-refractivity contribution in [1.29, 1.82) is 0 Å². The number of fused-ring (bicyclic) bond motifs is 4. The summed E-state index contributed by atoms with van der Waals surface area (Å²) in [5, 5.41) is 4.81. The minimum Gasteiger partial charge on any atom is -0.497 e. The van der Waals surface area contributed by atoms with E-state index in [1.165, 1.54) is 5.56 Å². The van der Waals surface area contributed by atoms with Crippen LogP contribution in [0.5, 0.6) is 5.75 Å². The van der Waals surface area contributed by atoms with Crippen LogP contribution in [0.1, 0.15) is 40.9 Å². The van der Waals surface area contributed by atoms with Crippen LogP contribution in [0.2, 0.25) is 0 Å². The SMILES string of the molecule is COc1cccc(CNC(=O)Cc2c(C)c3cc4c5c(oc4cc3oc2=O)CCCC5)c1. The molecule has 0 radical (unpaired) electrons. The van der Waals surface area contributed by atoms with Crippen molar-refractivity contribution in [1.82, 2.24) is 5.32 Å². The second-order valence-corrected chi connectivity index (χ2v) is 8.35. The maximum absolute atomic E-state index is 12.7. The van der Waals surface area contributed by atoms with Gasteiger partial charge in [0.05, 0.1) is 19.1 Å². The first-order chi connectivity index (χ1) is 15.5. The van der Waals surface area contributed by atoms with Gasteiger partial charge in [-0.05, 0) is 55.5 Å². The number of benzene rings is 2. The highest BCUT2D eigenvalue weighted by molar-refractivity contribution is 5.97. The molecule has 2 heterocycles. The molecule has 1 amide bonds. The van der Waals surface area contributed by atoms with E-state index >= 15 is 0 Å². The fourth-order valence-corrected chi connectivity index (χ4v) is 4.55. The van der Waals surface area contributed by atoms with E-state index in [9.17, 15) is 9.59 Å². The van der Waals surface area contributed by atoms with Crippen molar-refractivity contribution in [3.63, 3.8) is 0 Å². The minimum absolute atomic E-state index is 0.0321. The molecule has 0 unspecified atom stereocenters. The first-order valence-corrected chi connectivity index (χ1v) is 10.9. The predicted molar refractivity (Wildman–Crippen MR) is 122 cm³/mol. The molecule has 1 N–H and O–H groups in total. The highest BCUT2D eigenvalue weighted by Gasteiger charge is 2.21. The summed E-state index contributed by atoms with van der Waals surface area (Å²) in [5.74, 6) is 1.54. The third-order valence-corrected chi connectivity index (χ3v) is 6.32. The standard InChI is InChI=1S/C26H25NO5/c1-15-19-11-21-18-8-3-4-9-22(18)31-24(21)13-23(19)32-26(29)20(15)12-25(28)27-14-16-6-5-7-17(10-16)30-2/h5-7,10-11,13H,3-4,8-9,12,14H2,1-2H3,(H,27,28). The molecule has 0 saturated heterocycles. The molecule has 6 nitrogen and oxygen atoms in total. The van der Waals surface area contributed by atoms with Crippen molar-refractivity contribution in [2.24, 2.45) is 0 Å². The Labute approximate surface area is 185 Å². The summed E-state index contributed by atoms with van der Waals surface area (Å²) >= 11 is 0. The first-order valence-electron chi connectivity index (χ1n) is 10.9. The average molecular weight is 431 g/mol. The number of methoxy groups -OCH3 is 1. The maximum atomic E-state index is 12.7. The molecule has 0 atom stereocenters. The van der Waals surface area contributed by atoms with Crippen molar-refractivity contribution >= 4 is 27.8 Å². The largest absolute Gasteiger partial charge is 0.497 e. The Morgan fingerprint density at radius 2 is 1.88 bits per heavy atom. The Hall–Kier alpha value is -3.54. The van der Waals surface area contributed by atoms with E-state index in [1.807, 2.05) is 43.3 Å². The van der Waals surface area contributed by atoms with Gasteiger partial charge in [0.1, 0.15) is 22.7 Å². The van der Waals surface area contributed by atoms with Gasteiger partial charge in [-0.25, -0.2) is 4.79 Å². The topological polar surface area (TPSA) is 81.7 Å². The molecule has 6 heteroatoms. The second-order valence-electron chi connectivity index (χ2n) is 8.35. The van der Waals surface area contributed by atoms with Crippen LogP contribution in [-0.2, 0) is 30.6 Å². The number of ether oxygens (including phenoxy) is 1. The monoisotopic (exact) mass is 431 g/mol. The lowest BCUT2D eigenvalue weighted by Gasteiger charge is -2.10. The van der Waals surface area contributed by atoms with Crippen LogP contribution in [-0.4, -0.2) is 13.0 Å². The van der Waals surface area contributed by atoms with E-state index in [2.05, 4.69) is 5.32 Å². The molecule has 1 aliphatic carbocycles. The van der Waals surface area contributed by atoms with Crippen molar-refractivity contribution < 1.29 is 18.4 Å². The van der Waals surface area contributed by atoms with Crippen molar-refractivity contribution in [3.05, 3.63) is 74.8 Å². The van der Waals surface area contributed by atoms with E-state index in [0.717, 1.165) is 64.7 Å². The Morgan fingerprint density at radius 1 is 1.06 bits per heavy atom. The molecular formula is C26H25NO5. The fourth-order valence-electron chi connectivity index (χ4n) is 4.55. The van der Waals surface area contributed by atoms with Crippen LogP contribution < -0.4 is 15.7 Å². The van der Waals surface area contributed by atoms with Gasteiger partial charge in [-0.1, -0.05) is 12.1 Å². The zero-order chi connectivity index (χ0) is 22.2. The Balaban J connectivity index is 1.43. The quantitative estimate of drug-likeness (QED) is 0.467. The van der Waals surface area contributed by atoms with Crippen LogP contribution in [0.25, 0.3) is 21.9 Å². The minimum atomic E-state index is -0.484. The zero-order valence-electron chi connectivity index (χ0n) is 18.2. The van der Waals surface area contributed by atoms with E-state index in [4.69, 9.17) is 13.6 Å². The number of hydrogen-bond donors (Lipinski definition) is 1. The number of carbonyl (C=O) groups excluding carboxylic acids is 1. The van der Waals surface area contributed by atoms with Crippen LogP contribution in [0.3, 0.4) is 0 Å². The van der Waals surface area contributed by atoms with E-state index in [-0.39, 0.29) is 12.3 Å². The smallest absolute Gasteiger partial charge is 0.340 e. The van der Waals surface area contributed by atoms with E-state index in [1.54, 1.807) is 7.11 Å². The lowest BCUT2D eigenvalue weighted by atomic mass is 9.94. The summed E-state index contributed by atoms with van der Waals surface area (Å²) in [7, 11) is 1.60. The summed E-state index contributed by atoms with van der Waals surface area (Å²) in [4.78, 5) is 25.3. The van der Waals surface area contributed by atoms with Gasteiger partial charge in [0.2, 0.25) is 5.91 Å². The fraction of sp³-hybridized carbons (Fsp3) is 0.308. The van der Waals surface area contributed by atoms with Gasteiger partial charge in [-0.15, -0.1) is 0 Å². The average Bonchev–Trinajstić information content (AvgIpc) is 3.17. The Morgan fingerprint density at radius 3 is 2.72 bits per heavy atom. The van der Waals surface area contributed by atoms with Crippen molar-refractivity contribution in [2.75, 3.05) is 7.11 Å². The molecule has 5 rings (SSSR count). The van der Waals surface area contributed by atoms with Gasteiger partial charge in [-0.2, -0.15) is 0 Å². The van der Waals surface area contributed by atoms with Crippen LogP contribution in [0.15, 0.2) is 50.0 Å². The third-order valence-electron chi connectivity index (χ3n) is 6.32. The van der Waals surface area contributed by atoms with Gasteiger partial charge in [0, 0.05) is 35.4 Å². The lowest BCUT2D eigenvalue weighted by Crippen LogP contribution is -2.27. The molecule has 0 bridgehead atoms. The van der Waals surface area contributed by atoms with Gasteiger partial charge in [0.25, 0.3) is 0 Å². The Bertz CT molecular complexity index is 1400. The van der Waals surface area contributed by atoms with Crippen molar-refractivity contribution in [2.45, 2.75) is 45.6 Å². The van der Waals surface area contributed by atoms with Gasteiger partial charge >= 0.3 is 5.63 Å². The molecule has 164 valence electrons. The number of furan rings is 1. The highest BCUT2D eigenvalue weighted by atomic mass is 16.5. The molecule has 0 saturated carbocycles. The summed E-state index contributed by atoms with van der Waals surface area (Å²) < 4.78 is 16.8. The number of rotatable bonds is 5. The van der Waals surface area contributed by atoms with Crippen molar-refractivity contribution in [3.8, 4) is 5.75 Å². The molecule has 32 heavy (non-hydrogen) atoms. The van der Waals surface area contributed by atoms with Gasteiger partial charge < -0.3 is 18.9 Å². The highest BCUT2D eigenvalue weighted by Crippen LogP contribution is 2.35. The number of aryl methyl sites for hydroxylation is 3. The second kappa shape index (κ2) is 8.19. The molecule has 4 aromatic rings. The maximum Gasteiger partial charge on any atom is 0.340 e. The molecule has 2 aromatic heterocycles. The molecule has 0 spiro atoms. The molecule has 0 aliphatic heterocycles. The van der Waals surface area contributed by atoms with Crippen LogP contribution in [0, 0.1) is 6.92 Å². The van der Waals surface area contributed by atoms with Gasteiger partial charge in [0.15, 0.2) is 0 Å².